The number of carbonyl (C=O) groups excluding carboxylic acids is 2. The van der Waals surface area contributed by atoms with Gasteiger partial charge >= 0.3 is 12.0 Å². The van der Waals surface area contributed by atoms with E-state index in [1.54, 1.807) is 25.4 Å². The average molecular weight is 420 g/mol. The van der Waals surface area contributed by atoms with Crippen LogP contribution in [-0.2, 0) is 4.74 Å². The third-order valence-electron chi connectivity index (χ3n) is 3.76. The molecule has 0 fully saturated rings. The van der Waals surface area contributed by atoms with E-state index < -0.39 is 23.9 Å². The molecule has 2 heterocycles. The number of urea groups is 1. The van der Waals surface area contributed by atoms with Crippen LogP contribution in [0.3, 0.4) is 0 Å². The monoisotopic (exact) mass is 419 g/mol. The van der Waals surface area contributed by atoms with Gasteiger partial charge in [-0.25, -0.2) is 28.9 Å². The zero-order valence-corrected chi connectivity index (χ0v) is 16.0. The van der Waals surface area contributed by atoms with E-state index in [1.165, 1.54) is 11.0 Å². The summed E-state index contributed by atoms with van der Waals surface area (Å²) in [6.07, 6.45) is 4.41. The molecule has 0 saturated heterocycles. The minimum atomic E-state index is -0.896. The van der Waals surface area contributed by atoms with E-state index >= 15 is 0 Å². The van der Waals surface area contributed by atoms with Crippen LogP contribution in [0.25, 0.3) is 5.95 Å². The molecule has 1 atom stereocenters. The fourth-order valence-electron chi connectivity index (χ4n) is 2.43. The number of ether oxygens (including phenoxy) is 1. The molecule has 0 spiro atoms. The standard InChI is InChI=1S/C17H15ClFN7O3/c1-9(14-22-8-23-26(14)16-20-4-3-5-21-16)24-17(28)25-13-6-10(15(27)29-2)12(19)7-11(13)18/h3-9H,1-2H3,(H2,24,25,28)/t9-/m0/s1. The number of hydrogen-bond acceptors (Lipinski definition) is 7. The first kappa shape index (κ1) is 20.1. The molecule has 12 heteroatoms. The van der Waals surface area contributed by atoms with Crippen molar-refractivity contribution in [3.05, 3.63) is 59.1 Å². The zero-order valence-electron chi connectivity index (χ0n) is 15.3. The van der Waals surface area contributed by atoms with Gasteiger partial charge in [0.05, 0.1) is 29.4 Å². The van der Waals surface area contributed by atoms with Crippen LogP contribution in [-0.4, -0.2) is 43.8 Å². The predicted octanol–water partition coefficient (Wildman–Crippen LogP) is 2.52. The molecule has 2 aromatic heterocycles. The Hall–Kier alpha value is -3.60. The molecule has 1 aromatic carbocycles. The Bertz CT molecular complexity index is 1040. The highest BCUT2D eigenvalue weighted by atomic mass is 35.5. The second-order valence-corrected chi connectivity index (χ2v) is 6.11. The van der Waals surface area contributed by atoms with Crippen LogP contribution in [0, 0.1) is 5.82 Å². The van der Waals surface area contributed by atoms with Crippen LogP contribution < -0.4 is 10.6 Å². The summed E-state index contributed by atoms with van der Waals surface area (Å²) in [5.41, 5.74) is -0.327. The van der Waals surface area contributed by atoms with Crippen molar-refractivity contribution < 1.29 is 18.7 Å². The summed E-state index contributed by atoms with van der Waals surface area (Å²) < 4.78 is 19.7. The molecule has 2 N–H and O–H groups in total. The number of nitrogens with one attached hydrogen (secondary N) is 2. The molecule has 0 aliphatic rings. The molecular formula is C17H15ClFN7O3. The van der Waals surface area contributed by atoms with Crippen molar-refractivity contribution >= 4 is 29.3 Å². The molecule has 2 amide bonds. The lowest BCUT2D eigenvalue weighted by Gasteiger charge is -2.15. The van der Waals surface area contributed by atoms with Gasteiger partial charge in [0, 0.05) is 12.4 Å². The fraction of sp³-hybridized carbons (Fsp3) is 0.176. The maximum absolute atomic E-state index is 13.9. The van der Waals surface area contributed by atoms with Gasteiger partial charge in [0.1, 0.15) is 12.1 Å². The molecule has 10 nitrogen and oxygen atoms in total. The van der Waals surface area contributed by atoms with Crippen molar-refractivity contribution in [2.24, 2.45) is 0 Å². The summed E-state index contributed by atoms with van der Waals surface area (Å²) in [5, 5.41) is 9.08. The molecule has 0 aliphatic heterocycles. The van der Waals surface area contributed by atoms with Crippen molar-refractivity contribution in [2.75, 3.05) is 12.4 Å². The number of carbonyl (C=O) groups is 2. The van der Waals surface area contributed by atoms with E-state index in [1.807, 2.05) is 0 Å². The van der Waals surface area contributed by atoms with Crippen molar-refractivity contribution in [3.63, 3.8) is 0 Å². The summed E-state index contributed by atoms with van der Waals surface area (Å²) in [6, 6.07) is 2.40. The minimum absolute atomic E-state index is 0.0334. The van der Waals surface area contributed by atoms with Gasteiger partial charge in [-0.3, -0.25) is 0 Å². The first-order valence-corrected chi connectivity index (χ1v) is 8.60. The van der Waals surface area contributed by atoms with Gasteiger partial charge in [0.15, 0.2) is 5.82 Å². The maximum Gasteiger partial charge on any atom is 0.340 e. The van der Waals surface area contributed by atoms with Crippen LogP contribution >= 0.6 is 11.6 Å². The predicted molar refractivity (Wildman–Crippen MR) is 100 cm³/mol. The van der Waals surface area contributed by atoms with Gasteiger partial charge in [-0.05, 0) is 25.1 Å². The molecule has 0 saturated carbocycles. The van der Waals surface area contributed by atoms with E-state index in [0.29, 0.717) is 11.8 Å². The second-order valence-electron chi connectivity index (χ2n) is 5.70. The summed E-state index contributed by atoms with van der Waals surface area (Å²) in [4.78, 5) is 36.3. The number of methoxy groups -OCH3 is 1. The van der Waals surface area contributed by atoms with Gasteiger partial charge in [0.25, 0.3) is 5.95 Å². The molecular weight excluding hydrogens is 405 g/mol. The largest absolute Gasteiger partial charge is 0.465 e. The molecule has 0 unspecified atom stereocenters. The van der Waals surface area contributed by atoms with Crippen LogP contribution in [0.1, 0.15) is 29.1 Å². The summed E-state index contributed by atoms with van der Waals surface area (Å²) in [7, 11) is 1.12. The van der Waals surface area contributed by atoms with E-state index in [-0.39, 0.29) is 16.3 Å². The van der Waals surface area contributed by atoms with Crippen LogP contribution in [0.15, 0.2) is 36.9 Å². The number of anilines is 1. The van der Waals surface area contributed by atoms with E-state index in [9.17, 15) is 14.0 Å². The number of halogens is 2. The maximum atomic E-state index is 13.9. The number of benzene rings is 1. The Labute approximate surface area is 169 Å². The Balaban J connectivity index is 1.75. The van der Waals surface area contributed by atoms with Gasteiger partial charge in [-0.2, -0.15) is 9.78 Å². The topological polar surface area (TPSA) is 124 Å². The number of amides is 2. The average Bonchev–Trinajstić information content (AvgIpc) is 3.20. The van der Waals surface area contributed by atoms with Gasteiger partial charge < -0.3 is 15.4 Å². The number of nitrogens with zero attached hydrogens (tertiary/aromatic N) is 5. The molecule has 29 heavy (non-hydrogen) atoms. The van der Waals surface area contributed by atoms with E-state index in [2.05, 4.69) is 35.4 Å². The molecule has 0 bridgehead atoms. The van der Waals surface area contributed by atoms with Gasteiger partial charge in [0.2, 0.25) is 0 Å². The highest BCUT2D eigenvalue weighted by molar-refractivity contribution is 6.33. The first-order valence-electron chi connectivity index (χ1n) is 8.23. The lowest BCUT2D eigenvalue weighted by Crippen LogP contribution is -2.33. The van der Waals surface area contributed by atoms with Crippen molar-refractivity contribution in [3.8, 4) is 5.95 Å². The molecule has 0 radical (unpaired) electrons. The fourth-order valence-corrected chi connectivity index (χ4v) is 2.63. The normalized spacial score (nSPS) is 11.6. The van der Waals surface area contributed by atoms with E-state index in [0.717, 1.165) is 19.2 Å². The number of rotatable bonds is 5. The van der Waals surface area contributed by atoms with Crippen molar-refractivity contribution in [2.45, 2.75) is 13.0 Å². The SMILES string of the molecule is COC(=O)c1cc(NC(=O)N[C@@H](C)c2ncnn2-c2ncccn2)c(Cl)cc1F. The summed E-state index contributed by atoms with van der Waals surface area (Å²) in [5.74, 6) is -1.09. The Kier molecular flexibility index (Phi) is 5.98. The van der Waals surface area contributed by atoms with Crippen molar-refractivity contribution in [1.29, 1.82) is 0 Å². The highest BCUT2D eigenvalue weighted by Crippen LogP contribution is 2.26. The van der Waals surface area contributed by atoms with E-state index in [4.69, 9.17) is 11.6 Å². The Morgan fingerprint density at radius 2 is 1.97 bits per heavy atom. The second kappa shape index (κ2) is 8.61. The quantitative estimate of drug-likeness (QED) is 0.609. The lowest BCUT2D eigenvalue weighted by molar-refractivity contribution is 0.0595. The van der Waals surface area contributed by atoms with Crippen molar-refractivity contribution in [1.82, 2.24) is 30.0 Å². The van der Waals surface area contributed by atoms with Crippen LogP contribution in [0.4, 0.5) is 14.9 Å². The highest BCUT2D eigenvalue weighted by Gasteiger charge is 2.20. The third-order valence-corrected chi connectivity index (χ3v) is 4.07. The zero-order chi connectivity index (χ0) is 21.0. The Morgan fingerprint density at radius 3 is 2.66 bits per heavy atom. The lowest BCUT2D eigenvalue weighted by atomic mass is 10.2. The molecule has 3 aromatic rings. The molecule has 150 valence electrons. The smallest absolute Gasteiger partial charge is 0.340 e. The summed E-state index contributed by atoms with van der Waals surface area (Å²) >= 11 is 5.96. The van der Waals surface area contributed by atoms with Gasteiger partial charge in [-0.1, -0.05) is 11.6 Å². The Morgan fingerprint density at radius 1 is 1.24 bits per heavy atom. The first-order chi connectivity index (χ1) is 13.9. The third kappa shape index (κ3) is 4.46. The van der Waals surface area contributed by atoms with Crippen LogP contribution in [0.5, 0.6) is 0 Å². The number of hydrogen-bond donors (Lipinski definition) is 2. The summed E-state index contributed by atoms with van der Waals surface area (Å²) in [6.45, 7) is 1.68. The molecule has 0 aliphatic carbocycles. The molecule has 3 rings (SSSR count). The minimum Gasteiger partial charge on any atom is -0.465 e. The van der Waals surface area contributed by atoms with Gasteiger partial charge in [-0.15, -0.1) is 0 Å². The number of aromatic nitrogens is 5. The van der Waals surface area contributed by atoms with Crippen LogP contribution in [0.2, 0.25) is 5.02 Å². The number of esters is 1.